The Labute approximate surface area is 100 Å². The van der Waals surface area contributed by atoms with Crippen molar-refractivity contribution in [3.63, 3.8) is 0 Å². The van der Waals surface area contributed by atoms with E-state index in [0.29, 0.717) is 11.4 Å². The lowest BCUT2D eigenvalue weighted by Gasteiger charge is -2.31. The van der Waals surface area contributed by atoms with E-state index in [-0.39, 0.29) is 0 Å². The van der Waals surface area contributed by atoms with Crippen LogP contribution in [0.25, 0.3) is 0 Å². The van der Waals surface area contributed by atoms with E-state index in [2.05, 4.69) is 10.1 Å². The molecule has 0 atom stereocenters. The van der Waals surface area contributed by atoms with Crippen LogP contribution in [0.15, 0.2) is 17.3 Å². The van der Waals surface area contributed by atoms with Crippen molar-refractivity contribution in [3.8, 4) is 5.75 Å². The average Bonchev–Trinajstić information content (AvgIpc) is 2.38. The minimum absolute atomic E-state index is 0.399. The van der Waals surface area contributed by atoms with Crippen molar-refractivity contribution >= 4 is 11.4 Å². The van der Waals surface area contributed by atoms with Gasteiger partial charge in [0.25, 0.3) is 0 Å². The van der Waals surface area contributed by atoms with Gasteiger partial charge in [-0.05, 0) is 23.7 Å². The number of aryl methyl sites for hydroxylation is 1. The summed E-state index contributed by atoms with van der Waals surface area (Å²) in [6.45, 7) is 5.07. The molecular formula is C12H16N2O3. The maximum atomic E-state index is 10.6. The third kappa shape index (κ3) is 2.39. The molecule has 1 saturated heterocycles. The second kappa shape index (κ2) is 5.14. The standard InChI is InChI=1S/C12H16N2O3/c1-9-7-10(13-15)8-11(16-2)12(9)14-3-5-17-6-4-14/h7-8H,3-6H2,1-2H3. The number of rotatable bonds is 3. The third-order valence-corrected chi connectivity index (χ3v) is 2.90. The number of nitroso groups, excluding NO2 is 1. The van der Waals surface area contributed by atoms with Crippen molar-refractivity contribution in [1.29, 1.82) is 0 Å². The molecule has 2 rings (SSSR count). The third-order valence-electron chi connectivity index (χ3n) is 2.90. The van der Waals surface area contributed by atoms with Gasteiger partial charge in [0, 0.05) is 19.2 Å². The van der Waals surface area contributed by atoms with E-state index in [0.717, 1.165) is 37.6 Å². The van der Waals surface area contributed by atoms with Crippen molar-refractivity contribution in [2.24, 2.45) is 5.18 Å². The zero-order valence-corrected chi connectivity index (χ0v) is 10.1. The number of ether oxygens (including phenoxy) is 2. The molecule has 1 aliphatic rings. The summed E-state index contributed by atoms with van der Waals surface area (Å²) in [5.41, 5.74) is 2.43. The van der Waals surface area contributed by atoms with Gasteiger partial charge in [0.2, 0.25) is 0 Å². The highest BCUT2D eigenvalue weighted by Gasteiger charge is 2.18. The zero-order chi connectivity index (χ0) is 12.3. The van der Waals surface area contributed by atoms with Crippen LogP contribution < -0.4 is 9.64 Å². The summed E-state index contributed by atoms with van der Waals surface area (Å²) >= 11 is 0. The van der Waals surface area contributed by atoms with Crippen molar-refractivity contribution in [2.45, 2.75) is 6.92 Å². The van der Waals surface area contributed by atoms with Gasteiger partial charge in [-0.3, -0.25) is 0 Å². The minimum Gasteiger partial charge on any atom is -0.494 e. The first-order chi connectivity index (χ1) is 8.26. The largest absolute Gasteiger partial charge is 0.494 e. The Bertz CT molecular complexity index is 414. The average molecular weight is 236 g/mol. The molecule has 0 bridgehead atoms. The molecule has 0 unspecified atom stereocenters. The Kier molecular flexibility index (Phi) is 3.58. The number of benzene rings is 1. The molecule has 0 aliphatic carbocycles. The van der Waals surface area contributed by atoms with E-state index in [4.69, 9.17) is 9.47 Å². The highest BCUT2D eigenvalue weighted by Crippen LogP contribution is 2.36. The summed E-state index contributed by atoms with van der Waals surface area (Å²) in [5.74, 6) is 0.696. The maximum Gasteiger partial charge on any atom is 0.144 e. The number of hydrogen-bond acceptors (Lipinski definition) is 5. The molecule has 5 nitrogen and oxygen atoms in total. The molecular weight excluding hydrogens is 220 g/mol. The molecule has 0 radical (unpaired) electrons. The molecule has 1 heterocycles. The molecule has 1 fully saturated rings. The van der Waals surface area contributed by atoms with Gasteiger partial charge >= 0.3 is 0 Å². The smallest absolute Gasteiger partial charge is 0.144 e. The van der Waals surface area contributed by atoms with E-state index in [1.54, 1.807) is 19.2 Å². The molecule has 0 saturated carbocycles. The molecule has 0 aromatic heterocycles. The first kappa shape index (κ1) is 11.9. The molecule has 92 valence electrons. The van der Waals surface area contributed by atoms with Crippen LogP contribution in [-0.4, -0.2) is 33.4 Å². The van der Waals surface area contributed by atoms with Crippen LogP contribution in [0.3, 0.4) is 0 Å². The van der Waals surface area contributed by atoms with Crippen LogP contribution in [0.5, 0.6) is 5.75 Å². The summed E-state index contributed by atoms with van der Waals surface area (Å²) in [6, 6.07) is 3.45. The lowest BCUT2D eigenvalue weighted by molar-refractivity contribution is 0.122. The van der Waals surface area contributed by atoms with Crippen molar-refractivity contribution < 1.29 is 9.47 Å². The maximum absolute atomic E-state index is 10.6. The second-order valence-electron chi connectivity index (χ2n) is 4.00. The molecule has 0 amide bonds. The van der Waals surface area contributed by atoms with Crippen LogP contribution in [0, 0.1) is 11.8 Å². The van der Waals surface area contributed by atoms with Crippen molar-refractivity contribution in [1.82, 2.24) is 0 Å². The SMILES string of the molecule is COc1cc(N=O)cc(C)c1N1CCOCC1. The van der Waals surface area contributed by atoms with Gasteiger partial charge in [-0.15, -0.1) is 4.91 Å². The molecule has 1 aromatic carbocycles. The first-order valence-corrected chi connectivity index (χ1v) is 5.61. The molecule has 17 heavy (non-hydrogen) atoms. The van der Waals surface area contributed by atoms with Gasteiger partial charge in [-0.2, -0.15) is 0 Å². The van der Waals surface area contributed by atoms with Gasteiger partial charge in [-0.1, -0.05) is 0 Å². The van der Waals surface area contributed by atoms with Gasteiger partial charge < -0.3 is 14.4 Å². The topological polar surface area (TPSA) is 51.1 Å². The van der Waals surface area contributed by atoms with Crippen LogP contribution in [0.1, 0.15) is 5.56 Å². The Balaban J connectivity index is 2.40. The molecule has 0 spiro atoms. The number of morpholine rings is 1. The molecule has 1 aliphatic heterocycles. The molecule has 1 aromatic rings. The Morgan fingerprint density at radius 1 is 1.35 bits per heavy atom. The van der Waals surface area contributed by atoms with Crippen molar-refractivity contribution in [2.75, 3.05) is 38.3 Å². The monoisotopic (exact) mass is 236 g/mol. The summed E-state index contributed by atoms with van der Waals surface area (Å²) in [5, 5.41) is 2.95. The van der Waals surface area contributed by atoms with Gasteiger partial charge in [0.15, 0.2) is 0 Å². The highest BCUT2D eigenvalue weighted by molar-refractivity contribution is 5.68. The first-order valence-electron chi connectivity index (χ1n) is 5.61. The highest BCUT2D eigenvalue weighted by atomic mass is 16.5. The number of methoxy groups -OCH3 is 1. The predicted octanol–water partition coefficient (Wildman–Crippen LogP) is 2.24. The van der Waals surface area contributed by atoms with E-state index in [1.807, 2.05) is 6.92 Å². The van der Waals surface area contributed by atoms with Gasteiger partial charge in [-0.25, -0.2) is 0 Å². The van der Waals surface area contributed by atoms with E-state index in [9.17, 15) is 4.91 Å². The quantitative estimate of drug-likeness (QED) is 0.755. The lowest BCUT2D eigenvalue weighted by Crippen LogP contribution is -2.36. The Hall–Kier alpha value is -1.62. The molecule has 5 heteroatoms. The number of nitrogens with zero attached hydrogens (tertiary/aromatic N) is 2. The fourth-order valence-electron chi connectivity index (χ4n) is 2.13. The minimum atomic E-state index is 0.399. The zero-order valence-electron chi connectivity index (χ0n) is 10.1. The fraction of sp³-hybridized carbons (Fsp3) is 0.500. The van der Waals surface area contributed by atoms with Gasteiger partial charge in [0.1, 0.15) is 11.4 Å². The van der Waals surface area contributed by atoms with E-state index < -0.39 is 0 Å². The van der Waals surface area contributed by atoms with Crippen LogP contribution in [0.4, 0.5) is 11.4 Å². The number of hydrogen-bond donors (Lipinski definition) is 0. The second-order valence-corrected chi connectivity index (χ2v) is 4.00. The summed E-state index contributed by atoms with van der Waals surface area (Å²) in [7, 11) is 1.60. The summed E-state index contributed by atoms with van der Waals surface area (Å²) in [4.78, 5) is 12.8. The van der Waals surface area contributed by atoms with Crippen LogP contribution in [-0.2, 0) is 4.74 Å². The predicted molar refractivity (Wildman–Crippen MR) is 66.2 cm³/mol. The van der Waals surface area contributed by atoms with Crippen LogP contribution in [0.2, 0.25) is 0 Å². The molecule has 0 N–H and O–H groups in total. The number of anilines is 1. The van der Waals surface area contributed by atoms with Crippen molar-refractivity contribution in [3.05, 3.63) is 22.6 Å². The Morgan fingerprint density at radius 2 is 2.06 bits per heavy atom. The van der Waals surface area contributed by atoms with Gasteiger partial charge in [0.05, 0.1) is 26.0 Å². The van der Waals surface area contributed by atoms with Crippen LogP contribution >= 0.6 is 0 Å². The Morgan fingerprint density at radius 3 is 2.65 bits per heavy atom. The summed E-state index contributed by atoms with van der Waals surface area (Å²) in [6.07, 6.45) is 0. The van der Waals surface area contributed by atoms with E-state index in [1.165, 1.54) is 0 Å². The lowest BCUT2D eigenvalue weighted by atomic mass is 10.1. The fourth-order valence-corrected chi connectivity index (χ4v) is 2.13. The van der Waals surface area contributed by atoms with E-state index >= 15 is 0 Å². The normalized spacial score (nSPS) is 15.8. The summed E-state index contributed by atoms with van der Waals surface area (Å²) < 4.78 is 10.7.